The number of hydrogen-bond donors (Lipinski definition) is 2. The van der Waals surface area contributed by atoms with Gasteiger partial charge in [0.1, 0.15) is 0 Å². The first-order valence-electron chi connectivity index (χ1n) is 7.41. The van der Waals surface area contributed by atoms with Crippen LogP contribution in [-0.4, -0.2) is 42.9 Å². The second-order valence-corrected chi connectivity index (χ2v) is 6.37. The molecule has 5 heteroatoms. The normalized spacial score (nSPS) is 30.3. The Morgan fingerprint density at radius 1 is 1.16 bits per heavy atom. The standard InChI is InChI=1S/C14H23N3O2/c15-12(18)10-1-7-17(8-2-10)13(19)11-9-14(11)3-5-16-6-4-14/h10-11,16H,1-9H2,(H2,15,18). The number of carbonyl (C=O) groups is 2. The minimum atomic E-state index is -0.214. The first-order valence-corrected chi connectivity index (χ1v) is 7.41. The average Bonchev–Trinajstić information content (AvgIpc) is 3.12. The first kappa shape index (κ1) is 12.9. The molecule has 0 bridgehead atoms. The predicted octanol–water partition coefficient (Wildman–Crippen LogP) is 0.1000. The number of primary amides is 1. The number of nitrogens with zero attached hydrogens (tertiary/aromatic N) is 1. The second kappa shape index (κ2) is 4.78. The van der Waals surface area contributed by atoms with Crippen LogP contribution in [0.5, 0.6) is 0 Å². The summed E-state index contributed by atoms with van der Waals surface area (Å²) in [6, 6.07) is 0. The molecule has 2 heterocycles. The van der Waals surface area contributed by atoms with Gasteiger partial charge in [0.05, 0.1) is 0 Å². The summed E-state index contributed by atoms with van der Waals surface area (Å²) < 4.78 is 0. The van der Waals surface area contributed by atoms with Gasteiger partial charge in [-0.25, -0.2) is 0 Å². The molecule has 0 aromatic carbocycles. The van der Waals surface area contributed by atoms with E-state index >= 15 is 0 Å². The molecule has 0 aromatic heterocycles. The van der Waals surface area contributed by atoms with E-state index in [0.717, 1.165) is 45.2 Å². The molecular formula is C14H23N3O2. The molecule has 2 saturated heterocycles. The quantitative estimate of drug-likeness (QED) is 0.743. The van der Waals surface area contributed by atoms with Crippen molar-refractivity contribution in [1.29, 1.82) is 0 Å². The second-order valence-electron chi connectivity index (χ2n) is 6.37. The molecule has 1 saturated carbocycles. The lowest BCUT2D eigenvalue weighted by Gasteiger charge is -2.32. The number of piperidine rings is 2. The van der Waals surface area contributed by atoms with Gasteiger partial charge in [-0.05, 0) is 50.6 Å². The van der Waals surface area contributed by atoms with Gasteiger partial charge in [-0.1, -0.05) is 0 Å². The predicted molar refractivity (Wildman–Crippen MR) is 71.1 cm³/mol. The number of nitrogens with two attached hydrogens (primary N) is 1. The Hall–Kier alpha value is -1.10. The maximum absolute atomic E-state index is 12.5. The van der Waals surface area contributed by atoms with Crippen molar-refractivity contribution >= 4 is 11.8 Å². The lowest BCUT2D eigenvalue weighted by atomic mass is 9.91. The van der Waals surface area contributed by atoms with Crippen molar-refractivity contribution in [2.45, 2.75) is 32.1 Å². The largest absolute Gasteiger partial charge is 0.369 e. The van der Waals surface area contributed by atoms with Crippen LogP contribution in [0.15, 0.2) is 0 Å². The summed E-state index contributed by atoms with van der Waals surface area (Å²) in [7, 11) is 0. The van der Waals surface area contributed by atoms with Crippen molar-refractivity contribution in [1.82, 2.24) is 10.2 Å². The van der Waals surface area contributed by atoms with E-state index < -0.39 is 0 Å². The number of rotatable bonds is 2. The Kier molecular flexibility index (Phi) is 3.25. The highest BCUT2D eigenvalue weighted by atomic mass is 16.2. The molecule has 5 nitrogen and oxygen atoms in total. The molecule has 106 valence electrons. The Morgan fingerprint density at radius 3 is 2.37 bits per heavy atom. The molecule has 19 heavy (non-hydrogen) atoms. The van der Waals surface area contributed by atoms with E-state index in [1.54, 1.807) is 0 Å². The van der Waals surface area contributed by atoms with Crippen LogP contribution in [0.3, 0.4) is 0 Å². The van der Waals surface area contributed by atoms with Crippen LogP contribution in [0.4, 0.5) is 0 Å². The Morgan fingerprint density at radius 2 is 1.79 bits per heavy atom. The molecule has 0 radical (unpaired) electrons. The molecule has 1 aliphatic carbocycles. The van der Waals surface area contributed by atoms with E-state index in [0.29, 0.717) is 24.4 Å². The maximum atomic E-state index is 12.5. The Labute approximate surface area is 113 Å². The fourth-order valence-electron chi connectivity index (χ4n) is 3.78. The monoisotopic (exact) mass is 265 g/mol. The molecule has 3 rings (SSSR count). The van der Waals surface area contributed by atoms with Gasteiger partial charge in [-0.2, -0.15) is 0 Å². The van der Waals surface area contributed by atoms with Crippen LogP contribution in [0, 0.1) is 17.3 Å². The summed E-state index contributed by atoms with van der Waals surface area (Å²) in [5.41, 5.74) is 5.63. The van der Waals surface area contributed by atoms with Crippen molar-refractivity contribution in [3.8, 4) is 0 Å². The number of carbonyl (C=O) groups excluding carboxylic acids is 2. The summed E-state index contributed by atoms with van der Waals surface area (Å²) in [5, 5.41) is 3.36. The summed E-state index contributed by atoms with van der Waals surface area (Å²) in [6.07, 6.45) is 4.83. The molecule has 3 aliphatic rings. The molecule has 2 aliphatic heterocycles. The number of amides is 2. The lowest BCUT2D eigenvalue weighted by molar-refractivity contribution is -0.137. The average molecular weight is 265 g/mol. The first-order chi connectivity index (χ1) is 9.12. The van der Waals surface area contributed by atoms with Gasteiger partial charge in [0.25, 0.3) is 0 Å². The zero-order valence-corrected chi connectivity index (χ0v) is 11.4. The number of nitrogens with one attached hydrogen (secondary N) is 1. The molecule has 1 spiro atoms. The van der Waals surface area contributed by atoms with E-state index in [1.165, 1.54) is 0 Å². The third kappa shape index (κ3) is 2.36. The molecule has 1 atom stereocenters. The highest BCUT2D eigenvalue weighted by molar-refractivity contribution is 5.83. The zero-order valence-electron chi connectivity index (χ0n) is 11.4. The fourth-order valence-corrected chi connectivity index (χ4v) is 3.78. The van der Waals surface area contributed by atoms with Crippen LogP contribution in [0.25, 0.3) is 0 Å². The lowest BCUT2D eigenvalue weighted by Crippen LogP contribution is -2.43. The minimum absolute atomic E-state index is 0.0314. The zero-order chi connectivity index (χ0) is 13.5. The Balaban J connectivity index is 1.54. The third-order valence-corrected chi connectivity index (χ3v) is 5.30. The van der Waals surface area contributed by atoms with Crippen molar-refractivity contribution < 1.29 is 9.59 Å². The van der Waals surface area contributed by atoms with E-state index in [1.807, 2.05) is 4.90 Å². The smallest absolute Gasteiger partial charge is 0.226 e. The summed E-state index contributed by atoms with van der Waals surface area (Å²) in [6.45, 7) is 3.51. The molecule has 1 unspecified atom stereocenters. The molecule has 3 fully saturated rings. The number of likely N-dealkylation sites (tertiary alicyclic amines) is 1. The summed E-state index contributed by atoms with van der Waals surface area (Å²) >= 11 is 0. The third-order valence-electron chi connectivity index (χ3n) is 5.30. The highest BCUT2D eigenvalue weighted by Gasteiger charge is 2.58. The van der Waals surface area contributed by atoms with Gasteiger partial charge < -0.3 is 16.0 Å². The van der Waals surface area contributed by atoms with Crippen molar-refractivity contribution in [3.05, 3.63) is 0 Å². The summed E-state index contributed by atoms with van der Waals surface area (Å²) in [4.78, 5) is 25.6. The van der Waals surface area contributed by atoms with Gasteiger partial charge in [0, 0.05) is 24.9 Å². The van der Waals surface area contributed by atoms with Gasteiger partial charge in [-0.3, -0.25) is 9.59 Å². The molecule has 2 amide bonds. The van der Waals surface area contributed by atoms with E-state index in [2.05, 4.69) is 5.32 Å². The van der Waals surface area contributed by atoms with Crippen molar-refractivity contribution in [3.63, 3.8) is 0 Å². The minimum Gasteiger partial charge on any atom is -0.369 e. The van der Waals surface area contributed by atoms with E-state index in [-0.39, 0.29) is 17.7 Å². The molecule has 0 aromatic rings. The Bertz CT molecular complexity index is 382. The van der Waals surface area contributed by atoms with Gasteiger partial charge in [-0.15, -0.1) is 0 Å². The fraction of sp³-hybridized carbons (Fsp3) is 0.857. The van der Waals surface area contributed by atoms with Crippen LogP contribution < -0.4 is 11.1 Å². The van der Waals surface area contributed by atoms with E-state index in [4.69, 9.17) is 5.73 Å². The molecule has 3 N–H and O–H groups in total. The van der Waals surface area contributed by atoms with Crippen molar-refractivity contribution in [2.24, 2.45) is 23.0 Å². The topological polar surface area (TPSA) is 75.4 Å². The SMILES string of the molecule is NC(=O)C1CCN(C(=O)C2CC23CCNCC3)CC1. The van der Waals surface area contributed by atoms with Gasteiger partial charge >= 0.3 is 0 Å². The van der Waals surface area contributed by atoms with Crippen LogP contribution in [0.2, 0.25) is 0 Å². The summed E-state index contributed by atoms with van der Waals surface area (Å²) in [5.74, 6) is 0.328. The maximum Gasteiger partial charge on any atom is 0.226 e. The number of hydrogen-bond acceptors (Lipinski definition) is 3. The highest BCUT2D eigenvalue weighted by Crippen LogP contribution is 2.59. The molecular weight excluding hydrogens is 242 g/mol. The van der Waals surface area contributed by atoms with Crippen molar-refractivity contribution in [2.75, 3.05) is 26.2 Å². The van der Waals surface area contributed by atoms with E-state index in [9.17, 15) is 9.59 Å². The van der Waals surface area contributed by atoms with Crippen LogP contribution in [-0.2, 0) is 9.59 Å². The van der Waals surface area contributed by atoms with Crippen LogP contribution >= 0.6 is 0 Å². The van der Waals surface area contributed by atoms with Gasteiger partial charge in [0.15, 0.2) is 0 Å². The van der Waals surface area contributed by atoms with Crippen LogP contribution in [0.1, 0.15) is 32.1 Å². The van der Waals surface area contributed by atoms with Gasteiger partial charge in [0.2, 0.25) is 11.8 Å².